The van der Waals surface area contributed by atoms with Crippen LogP contribution in [0.4, 0.5) is 0 Å². The Hall–Kier alpha value is -0.490. The summed E-state index contributed by atoms with van der Waals surface area (Å²) in [7, 11) is 1.70. The summed E-state index contributed by atoms with van der Waals surface area (Å²) in [4.78, 5) is 5.53. The maximum absolute atomic E-state index is 5.44. The summed E-state index contributed by atoms with van der Waals surface area (Å²) < 4.78 is 4.93. The van der Waals surface area contributed by atoms with Crippen LogP contribution < -0.4 is 11.1 Å². The number of rotatable bonds is 7. The number of thiazole rings is 1. The van der Waals surface area contributed by atoms with E-state index < -0.39 is 0 Å². The molecule has 0 aliphatic heterocycles. The molecule has 0 aromatic carbocycles. The number of methoxy groups -OCH3 is 1. The minimum Gasteiger partial charge on any atom is -0.383 e. The molecule has 0 aliphatic rings. The van der Waals surface area contributed by atoms with Crippen LogP contribution in [0.3, 0.4) is 0 Å². The van der Waals surface area contributed by atoms with Crippen molar-refractivity contribution < 1.29 is 4.74 Å². The average Bonchev–Trinajstić information content (AvgIpc) is 2.61. The first kappa shape index (κ1) is 11.6. The first-order valence-corrected chi connectivity index (χ1v) is 5.51. The largest absolute Gasteiger partial charge is 0.383 e. The summed E-state index contributed by atoms with van der Waals surface area (Å²) >= 11 is 1.72. The van der Waals surface area contributed by atoms with Gasteiger partial charge in [-0.3, -0.25) is 0 Å². The van der Waals surface area contributed by atoms with Gasteiger partial charge in [0.05, 0.1) is 11.6 Å². The second-order valence-corrected chi connectivity index (χ2v) is 4.13. The number of ether oxygens (including phenoxy) is 1. The molecule has 0 radical (unpaired) electrons. The van der Waals surface area contributed by atoms with Gasteiger partial charge in [-0.15, -0.1) is 11.3 Å². The zero-order chi connectivity index (χ0) is 10.2. The molecule has 0 amide bonds. The molecule has 5 heteroatoms. The second kappa shape index (κ2) is 6.89. The Morgan fingerprint density at radius 2 is 2.50 bits per heavy atom. The highest BCUT2D eigenvalue weighted by Crippen LogP contribution is 2.12. The van der Waals surface area contributed by atoms with Crippen LogP contribution in [0.5, 0.6) is 0 Å². The van der Waals surface area contributed by atoms with E-state index in [1.165, 1.54) is 4.88 Å². The normalized spacial score (nSPS) is 10.7. The van der Waals surface area contributed by atoms with Crippen LogP contribution in [0.1, 0.15) is 9.88 Å². The first-order chi connectivity index (χ1) is 6.86. The fourth-order valence-electron chi connectivity index (χ4n) is 1.05. The lowest BCUT2D eigenvalue weighted by molar-refractivity contribution is 0.199. The zero-order valence-corrected chi connectivity index (χ0v) is 9.27. The van der Waals surface area contributed by atoms with E-state index in [1.807, 2.05) is 6.20 Å². The van der Waals surface area contributed by atoms with Crippen molar-refractivity contribution in [2.75, 3.05) is 26.8 Å². The number of hydrogen-bond acceptors (Lipinski definition) is 5. The van der Waals surface area contributed by atoms with E-state index in [0.29, 0.717) is 6.54 Å². The van der Waals surface area contributed by atoms with E-state index in [0.717, 1.165) is 31.1 Å². The van der Waals surface area contributed by atoms with Gasteiger partial charge in [0, 0.05) is 37.7 Å². The fourth-order valence-corrected chi connectivity index (χ4v) is 1.96. The van der Waals surface area contributed by atoms with Crippen LogP contribution in [0.15, 0.2) is 6.20 Å². The molecule has 4 nitrogen and oxygen atoms in total. The highest BCUT2D eigenvalue weighted by atomic mass is 32.1. The molecule has 0 saturated carbocycles. The highest BCUT2D eigenvalue weighted by Gasteiger charge is 2.00. The standard InChI is InChI=1S/C9H17N3OS/c1-13-5-4-11-6-8-7-12-9(14-8)2-3-10/h7,11H,2-6,10H2,1H3. The third-order valence-corrected chi connectivity index (χ3v) is 2.80. The van der Waals surface area contributed by atoms with Gasteiger partial charge in [0.25, 0.3) is 0 Å². The van der Waals surface area contributed by atoms with Crippen molar-refractivity contribution in [1.29, 1.82) is 0 Å². The Morgan fingerprint density at radius 3 is 3.21 bits per heavy atom. The van der Waals surface area contributed by atoms with Crippen molar-refractivity contribution in [3.05, 3.63) is 16.1 Å². The predicted octanol–water partition coefficient (Wildman–Crippen LogP) is 0.380. The van der Waals surface area contributed by atoms with E-state index in [1.54, 1.807) is 18.4 Å². The molecule has 0 bridgehead atoms. The van der Waals surface area contributed by atoms with Crippen LogP contribution >= 0.6 is 11.3 Å². The molecule has 3 N–H and O–H groups in total. The minimum absolute atomic E-state index is 0.671. The molecule has 14 heavy (non-hydrogen) atoms. The van der Waals surface area contributed by atoms with Crippen LogP contribution in [0.2, 0.25) is 0 Å². The Labute approximate surface area is 88.5 Å². The summed E-state index contributed by atoms with van der Waals surface area (Å²) in [6, 6.07) is 0. The molecular formula is C9H17N3OS. The predicted molar refractivity (Wildman–Crippen MR) is 58.5 cm³/mol. The van der Waals surface area contributed by atoms with Gasteiger partial charge >= 0.3 is 0 Å². The van der Waals surface area contributed by atoms with E-state index in [4.69, 9.17) is 10.5 Å². The smallest absolute Gasteiger partial charge is 0.0940 e. The summed E-state index contributed by atoms with van der Waals surface area (Å²) in [5.74, 6) is 0. The lowest BCUT2D eigenvalue weighted by Crippen LogP contribution is -2.17. The lowest BCUT2D eigenvalue weighted by Gasteiger charge is -2.00. The number of nitrogens with one attached hydrogen (secondary N) is 1. The molecule has 0 spiro atoms. The summed E-state index contributed by atoms with van der Waals surface area (Å²) in [6.45, 7) is 3.16. The molecule has 80 valence electrons. The van der Waals surface area contributed by atoms with E-state index in [9.17, 15) is 0 Å². The zero-order valence-electron chi connectivity index (χ0n) is 8.45. The first-order valence-electron chi connectivity index (χ1n) is 4.70. The van der Waals surface area contributed by atoms with Crippen molar-refractivity contribution in [2.24, 2.45) is 5.73 Å². The summed E-state index contributed by atoms with van der Waals surface area (Å²) in [5.41, 5.74) is 5.44. The van der Waals surface area contributed by atoms with Crippen molar-refractivity contribution in [3.8, 4) is 0 Å². The molecule has 1 rings (SSSR count). The molecule has 0 fully saturated rings. The number of aromatic nitrogens is 1. The Morgan fingerprint density at radius 1 is 1.64 bits per heavy atom. The molecular weight excluding hydrogens is 198 g/mol. The van der Waals surface area contributed by atoms with Gasteiger partial charge in [0.2, 0.25) is 0 Å². The molecule has 0 aliphatic carbocycles. The van der Waals surface area contributed by atoms with Crippen molar-refractivity contribution in [1.82, 2.24) is 10.3 Å². The van der Waals surface area contributed by atoms with Crippen LogP contribution in [-0.2, 0) is 17.7 Å². The molecule has 1 aromatic rings. The van der Waals surface area contributed by atoms with E-state index in [2.05, 4.69) is 10.3 Å². The monoisotopic (exact) mass is 215 g/mol. The van der Waals surface area contributed by atoms with Gasteiger partial charge in [-0.05, 0) is 6.54 Å². The third-order valence-electron chi connectivity index (χ3n) is 1.74. The molecule has 0 atom stereocenters. The van der Waals surface area contributed by atoms with Crippen molar-refractivity contribution >= 4 is 11.3 Å². The molecule has 0 saturated heterocycles. The molecule has 1 aromatic heterocycles. The minimum atomic E-state index is 0.671. The molecule has 1 heterocycles. The average molecular weight is 215 g/mol. The van der Waals surface area contributed by atoms with Crippen molar-refractivity contribution in [3.63, 3.8) is 0 Å². The Kier molecular flexibility index (Phi) is 5.70. The van der Waals surface area contributed by atoms with Crippen LogP contribution in [0, 0.1) is 0 Å². The number of nitrogens with zero attached hydrogens (tertiary/aromatic N) is 1. The summed E-state index contributed by atoms with van der Waals surface area (Å²) in [6.07, 6.45) is 2.79. The fraction of sp³-hybridized carbons (Fsp3) is 0.667. The van der Waals surface area contributed by atoms with Gasteiger partial charge in [-0.1, -0.05) is 0 Å². The highest BCUT2D eigenvalue weighted by molar-refractivity contribution is 7.11. The quantitative estimate of drug-likeness (QED) is 0.646. The van der Waals surface area contributed by atoms with Crippen molar-refractivity contribution in [2.45, 2.75) is 13.0 Å². The second-order valence-electron chi connectivity index (χ2n) is 2.93. The maximum atomic E-state index is 5.44. The summed E-state index contributed by atoms with van der Waals surface area (Å²) in [5, 5.41) is 4.39. The maximum Gasteiger partial charge on any atom is 0.0940 e. The Bertz CT molecular complexity index is 252. The van der Waals surface area contributed by atoms with Crippen LogP contribution in [-0.4, -0.2) is 31.8 Å². The van der Waals surface area contributed by atoms with Gasteiger partial charge in [-0.25, -0.2) is 4.98 Å². The van der Waals surface area contributed by atoms with Gasteiger partial charge < -0.3 is 15.8 Å². The third kappa shape index (κ3) is 4.15. The van der Waals surface area contributed by atoms with Gasteiger partial charge in [0.15, 0.2) is 0 Å². The number of hydrogen-bond donors (Lipinski definition) is 2. The van der Waals surface area contributed by atoms with Crippen LogP contribution in [0.25, 0.3) is 0 Å². The lowest BCUT2D eigenvalue weighted by atomic mass is 10.4. The SMILES string of the molecule is COCCNCc1cnc(CCN)s1. The topological polar surface area (TPSA) is 60.2 Å². The molecule has 0 unspecified atom stereocenters. The van der Waals surface area contributed by atoms with Gasteiger partial charge in [-0.2, -0.15) is 0 Å². The van der Waals surface area contributed by atoms with E-state index >= 15 is 0 Å². The number of nitrogens with two attached hydrogens (primary N) is 1. The Balaban J connectivity index is 2.22. The van der Waals surface area contributed by atoms with Gasteiger partial charge in [0.1, 0.15) is 0 Å². The van der Waals surface area contributed by atoms with E-state index in [-0.39, 0.29) is 0 Å².